The number of rotatable bonds is 3. The molecule has 3 rings (SSSR count). The summed E-state index contributed by atoms with van der Waals surface area (Å²) in [5.74, 6) is 0.169. The first-order valence-corrected chi connectivity index (χ1v) is 8.22. The summed E-state index contributed by atoms with van der Waals surface area (Å²) in [6.45, 7) is 3.77. The summed E-state index contributed by atoms with van der Waals surface area (Å²) in [7, 11) is 0. The first-order chi connectivity index (χ1) is 10.3. The monoisotopic (exact) mass is 303 g/mol. The van der Waals surface area contributed by atoms with Gasteiger partial charge in [-0.15, -0.1) is 0 Å². The van der Waals surface area contributed by atoms with Crippen LogP contribution in [0.3, 0.4) is 0 Å². The molecule has 0 heterocycles. The van der Waals surface area contributed by atoms with E-state index < -0.39 is 5.41 Å². The Kier molecular flexibility index (Phi) is 3.58. The molecule has 3 heteroatoms. The molecule has 120 valence electrons. The third-order valence-corrected chi connectivity index (χ3v) is 6.00. The van der Waals surface area contributed by atoms with Crippen molar-refractivity contribution in [2.24, 2.45) is 22.5 Å². The number of nitrogens with two attached hydrogens (primary N) is 1. The van der Waals surface area contributed by atoms with Crippen LogP contribution in [0.2, 0.25) is 0 Å². The lowest BCUT2D eigenvalue weighted by molar-refractivity contribution is -0.134. The van der Waals surface area contributed by atoms with Gasteiger partial charge in [0.15, 0.2) is 0 Å². The van der Waals surface area contributed by atoms with Gasteiger partial charge < -0.3 is 5.73 Å². The normalized spacial score (nSPS) is 41.1. The molecule has 2 bridgehead atoms. The molecule has 0 radical (unpaired) electrons. The Morgan fingerprint density at radius 1 is 1.18 bits per heavy atom. The second-order valence-electron chi connectivity index (χ2n) is 8.35. The third kappa shape index (κ3) is 2.45. The van der Waals surface area contributed by atoms with Crippen molar-refractivity contribution in [3.63, 3.8) is 0 Å². The van der Waals surface area contributed by atoms with Crippen molar-refractivity contribution in [2.45, 2.75) is 51.4 Å². The predicted molar refractivity (Wildman–Crippen MR) is 86.1 cm³/mol. The number of amides is 1. The van der Waals surface area contributed by atoms with Gasteiger partial charge in [0.25, 0.3) is 0 Å². The molecule has 0 aliphatic heterocycles. The maximum absolute atomic E-state index is 13.7. The van der Waals surface area contributed by atoms with E-state index in [0.717, 1.165) is 32.1 Å². The highest BCUT2D eigenvalue weighted by Crippen LogP contribution is 2.61. The Morgan fingerprint density at radius 2 is 1.86 bits per heavy atom. The molecule has 1 aromatic rings. The highest BCUT2D eigenvalue weighted by molar-refractivity contribution is 5.80. The number of carbonyl (C=O) groups excluding carboxylic acids is 1. The number of primary amides is 1. The van der Waals surface area contributed by atoms with Gasteiger partial charge in [-0.1, -0.05) is 44.2 Å². The number of carbonyl (C=O) groups is 1. The number of fused-ring (bicyclic) bond motifs is 2. The molecule has 4 atom stereocenters. The van der Waals surface area contributed by atoms with E-state index in [9.17, 15) is 9.18 Å². The summed E-state index contributed by atoms with van der Waals surface area (Å²) >= 11 is 0. The number of hydrogen-bond acceptors (Lipinski definition) is 1. The van der Waals surface area contributed by atoms with Crippen LogP contribution in [-0.4, -0.2) is 12.6 Å². The average molecular weight is 303 g/mol. The van der Waals surface area contributed by atoms with Crippen LogP contribution in [0.5, 0.6) is 0 Å². The molecular weight excluding hydrogens is 277 g/mol. The number of benzene rings is 1. The van der Waals surface area contributed by atoms with E-state index >= 15 is 0 Å². The lowest BCUT2D eigenvalue weighted by Gasteiger charge is -2.57. The molecule has 2 saturated carbocycles. The second kappa shape index (κ2) is 5.07. The van der Waals surface area contributed by atoms with Gasteiger partial charge >= 0.3 is 0 Å². The second-order valence-corrected chi connectivity index (χ2v) is 8.35. The first kappa shape index (κ1) is 15.5. The number of alkyl halides is 1. The Morgan fingerprint density at radius 3 is 2.45 bits per heavy atom. The molecule has 1 amide bonds. The van der Waals surface area contributed by atoms with Gasteiger partial charge in [0, 0.05) is 5.41 Å². The molecule has 2 aliphatic carbocycles. The number of halogens is 1. The van der Waals surface area contributed by atoms with Gasteiger partial charge in [-0.05, 0) is 54.4 Å². The molecule has 0 spiro atoms. The summed E-state index contributed by atoms with van der Waals surface area (Å²) in [4.78, 5) is 12.1. The Hall–Kier alpha value is -1.38. The van der Waals surface area contributed by atoms with Gasteiger partial charge in [-0.25, -0.2) is 0 Å². The zero-order valence-electron chi connectivity index (χ0n) is 13.6. The van der Waals surface area contributed by atoms with Crippen molar-refractivity contribution < 1.29 is 9.18 Å². The lowest BCUT2D eigenvalue weighted by atomic mass is 9.47. The van der Waals surface area contributed by atoms with Crippen LogP contribution < -0.4 is 5.73 Å². The molecule has 2 fully saturated rings. The van der Waals surface area contributed by atoms with E-state index in [-0.39, 0.29) is 23.4 Å². The number of hydrogen-bond donors (Lipinski definition) is 1. The van der Waals surface area contributed by atoms with E-state index in [0.29, 0.717) is 5.92 Å². The van der Waals surface area contributed by atoms with Crippen molar-refractivity contribution in [3.05, 3.63) is 35.9 Å². The Labute approximate surface area is 132 Å². The van der Waals surface area contributed by atoms with E-state index in [4.69, 9.17) is 5.73 Å². The standard InChI is InChI=1S/C19H26FNO/c1-17(13-20)8-14-9-18(2,16(21)22)12-19(10-14,11-17)15-6-4-3-5-7-15/h3-7,14H,8-13H2,1-2H3,(H2,21,22)/t14?,17-,18?,19?/m0/s1. The van der Waals surface area contributed by atoms with E-state index in [2.05, 4.69) is 19.1 Å². The lowest BCUT2D eigenvalue weighted by Crippen LogP contribution is -2.53. The fourth-order valence-corrected chi connectivity index (χ4v) is 5.42. The van der Waals surface area contributed by atoms with Crippen LogP contribution in [0, 0.1) is 16.7 Å². The summed E-state index contributed by atoms with van der Waals surface area (Å²) in [6, 6.07) is 10.3. The predicted octanol–water partition coefficient (Wildman–Crippen LogP) is 3.99. The van der Waals surface area contributed by atoms with Crippen molar-refractivity contribution >= 4 is 5.91 Å². The Bertz CT molecular complexity index is 574. The fourth-order valence-electron chi connectivity index (χ4n) is 5.42. The third-order valence-electron chi connectivity index (χ3n) is 6.00. The van der Waals surface area contributed by atoms with Crippen LogP contribution in [0.15, 0.2) is 30.3 Å². The van der Waals surface area contributed by atoms with Crippen LogP contribution >= 0.6 is 0 Å². The fraction of sp³-hybridized carbons (Fsp3) is 0.632. The molecule has 1 aromatic carbocycles. The average Bonchev–Trinajstić information content (AvgIpc) is 2.46. The molecular formula is C19H26FNO. The molecule has 0 aromatic heterocycles. The minimum atomic E-state index is -0.476. The summed E-state index contributed by atoms with van der Waals surface area (Å²) in [6.07, 6.45) is 4.26. The van der Waals surface area contributed by atoms with Crippen molar-refractivity contribution in [1.29, 1.82) is 0 Å². The van der Waals surface area contributed by atoms with Crippen molar-refractivity contribution in [3.8, 4) is 0 Å². The Balaban J connectivity index is 2.07. The minimum Gasteiger partial charge on any atom is -0.369 e. The smallest absolute Gasteiger partial charge is 0.223 e. The van der Waals surface area contributed by atoms with Crippen LogP contribution in [0.25, 0.3) is 0 Å². The maximum Gasteiger partial charge on any atom is 0.223 e. The van der Waals surface area contributed by atoms with Gasteiger partial charge in [-0.3, -0.25) is 9.18 Å². The highest BCUT2D eigenvalue weighted by Gasteiger charge is 2.56. The summed E-state index contributed by atoms with van der Waals surface area (Å²) in [5.41, 5.74) is 6.10. The van der Waals surface area contributed by atoms with Crippen LogP contribution in [0.1, 0.15) is 51.5 Å². The quantitative estimate of drug-likeness (QED) is 0.901. The zero-order valence-corrected chi connectivity index (χ0v) is 13.6. The van der Waals surface area contributed by atoms with E-state index in [1.54, 1.807) is 0 Å². The molecule has 2 nitrogen and oxygen atoms in total. The topological polar surface area (TPSA) is 43.1 Å². The summed E-state index contributed by atoms with van der Waals surface area (Å²) < 4.78 is 13.7. The van der Waals surface area contributed by atoms with Gasteiger partial charge in [0.2, 0.25) is 5.91 Å². The minimum absolute atomic E-state index is 0.118. The highest BCUT2D eigenvalue weighted by atomic mass is 19.1. The maximum atomic E-state index is 13.7. The zero-order chi connectivity index (χ0) is 16.0. The first-order valence-electron chi connectivity index (χ1n) is 8.22. The molecule has 0 saturated heterocycles. The van der Waals surface area contributed by atoms with Gasteiger partial charge in [-0.2, -0.15) is 0 Å². The van der Waals surface area contributed by atoms with E-state index in [1.165, 1.54) is 5.56 Å². The van der Waals surface area contributed by atoms with Crippen molar-refractivity contribution in [1.82, 2.24) is 0 Å². The molecule has 3 unspecified atom stereocenters. The molecule has 2 N–H and O–H groups in total. The SMILES string of the molecule is CC1(C(N)=O)CC2CC(c3ccccc3)(C1)C[C@@](C)(CF)C2. The van der Waals surface area contributed by atoms with Gasteiger partial charge in [0.1, 0.15) is 0 Å². The van der Waals surface area contributed by atoms with Crippen molar-refractivity contribution in [2.75, 3.05) is 6.67 Å². The molecule has 2 aliphatic rings. The van der Waals surface area contributed by atoms with E-state index in [1.807, 2.05) is 25.1 Å². The van der Waals surface area contributed by atoms with Crippen LogP contribution in [-0.2, 0) is 10.2 Å². The summed E-state index contributed by atoms with van der Waals surface area (Å²) in [5, 5.41) is 0. The molecule has 22 heavy (non-hydrogen) atoms. The van der Waals surface area contributed by atoms with Gasteiger partial charge in [0.05, 0.1) is 6.67 Å². The largest absolute Gasteiger partial charge is 0.369 e. The van der Waals surface area contributed by atoms with Crippen LogP contribution in [0.4, 0.5) is 4.39 Å².